The Bertz CT molecular complexity index is 611. The summed E-state index contributed by atoms with van der Waals surface area (Å²) in [5, 5.41) is 12.4. The second kappa shape index (κ2) is 5.39. The maximum atomic E-state index is 12.0. The fourth-order valence-corrected chi connectivity index (χ4v) is 1.65. The van der Waals surface area contributed by atoms with Gasteiger partial charge in [-0.05, 0) is 30.7 Å². The highest BCUT2D eigenvalue weighted by molar-refractivity contribution is 6.06. The van der Waals surface area contributed by atoms with Crippen LogP contribution >= 0.6 is 0 Å². The van der Waals surface area contributed by atoms with E-state index in [1.807, 2.05) is 6.92 Å². The van der Waals surface area contributed by atoms with Gasteiger partial charge in [0.1, 0.15) is 11.5 Å². The van der Waals surface area contributed by atoms with E-state index >= 15 is 0 Å². The Balaban J connectivity index is 2.20. The Labute approximate surface area is 110 Å². The fraction of sp³-hybridized carbons (Fsp3) is 0.143. The summed E-state index contributed by atoms with van der Waals surface area (Å²) in [6, 6.07) is 6.31. The summed E-state index contributed by atoms with van der Waals surface area (Å²) < 4.78 is 4.96. The van der Waals surface area contributed by atoms with Gasteiger partial charge in [0, 0.05) is 12.3 Å². The minimum absolute atomic E-state index is 0.127. The lowest BCUT2D eigenvalue weighted by Gasteiger charge is -2.08. The van der Waals surface area contributed by atoms with Crippen LogP contribution in [0.25, 0.3) is 0 Å². The van der Waals surface area contributed by atoms with Gasteiger partial charge >= 0.3 is 0 Å². The molecule has 0 fully saturated rings. The monoisotopic (exact) mass is 258 g/mol. The number of carbonyl (C=O) groups excluding carboxylic acids is 1. The number of carbonyl (C=O) groups is 1. The highest BCUT2D eigenvalue weighted by Crippen LogP contribution is 2.24. The van der Waals surface area contributed by atoms with Crippen molar-refractivity contribution in [1.29, 1.82) is 0 Å². The summed E-state index contributed by atoms with van der Waals surface area (Å²) in [5.41, 5.74) is 1.71. The molecule has 98 valence electrons. The van der Waals surface area contributed by atoms with Gasteiger partial charge in [-0.3, -0.25) is 9.78 Å². The number of benzene rings is 1. The van der Waals surface area contributed by atoms with Crippen LogP contribution < -0.4 is 10.1 Å². The SMILES string of the molecule is COc1ccc(C(=O)Nc2cncc(C)c2)c(O)c1. The molecular weight excluding hydrogens is 244 g/mol. The molecule has 1 heterocycles. The highest BCUT2D eigenvalue weighted by Gasteiger charge is 2.12. The van der Waals surface area contributed by atoms with Gasteiger partial charge < -0.3 is 15.2 Å². The predicted molar refractivity (Wildman–Crippen MR) is 71.6 cm³/mol. The number of nitrogens with one attached hydrogen (secondary N) is 1. The third-order valence-corrected chi connectivity index (χ3v) is 2.58. The van der Waals surface area contributed by atoms with E-state index < -0.39 is 5.91 Å². The quantitative estimate of drug-likeness (QED) is 0.886. The molecule has 1 aromatic carbocycles. The van der Waals surface area contributed by atoms with Crippen molar-refractivity contribution in [2.24, 2.45) is 0 Å². The number of aryl methyl sites for hydroxylation is 1. The van der Waals surface area contributed by atoms with Crippen LogP contribution in [0.5, 0.6) is 11.5 Å². The molecule has 19 heavy (non-hydrogen) atoms. The van der Waals surface area contributed by atoms with Crippen molar-refractivity contribution in [2.45, 2.75) is 6.92 Å². The number of rotatable bonds is 3. The Morgan fingerprint density at radius 3 is 2.74 bits per heavy atom. The van der Waals surface area contributed by atoms with Crippen LogP contribution in [-0.2, 0) is 0 Å². The van der Waals surface area contributed by atoms with Crippen LogP contribution in [0.3, 0.4) is 0 Å². The Morgan fingerprint density at radius 1 is 1.32 bits per heavy atom. The molecule has 0 saturated carbocycles. The number of hydrogen-bond donors (Lipinski definition) is 2. The number of methoxy groups -OCH3 is 1. The molecule has 5 heteroatoms. The summed E-state index contributed by atoms with van der Waals surface area (Å²) in [6.45, 7) is 1.88. The first-order valence-corrected chi connectivity index (χ1v) is 5.70. The van der Waals surface area contributed by atoms with Crippen molar-refractivity contribution in [1.82, 2.24) is 4.98 Å². The lowest BCUT2D eigenvalue weighted by molar-refractivity contribution is 0.102. The number of phenols is 1. The lowest BCUT2D eigenvalue weighted by Crippen LogP contribution is -2.12. The minimum Gasteiger partial charge on any atom is -0.507 e. The number of anilines is 1. The molecule has 0 aliphatic heterocycles. The molecule has 0 bridgehead atoms. The van der Waals surface area contributed by atoms with Crippen molar-refractivity contribution in [3.8, 4) is 11.5 Å². The van der Waals surface area contributed by atoms with Gasteiger partial charge in [0.15, 0.2) is 0 Å². The molecule has 0 aliphatic carbocycles. The van der Waals surface area contributed by atoms with Crippen molar-refractivity contribution in [3.63, 3.8) is 0 Å². The molecule has 0 spiro atoms. The van der Waals surface area contributed by atoms with Crippen LogP contribution in [0.4, 0.5) is 5.69 Å². The Morgan fingerprint density at radius 2 is 2.11 bits per heavy atom. The third-order valence-electron chi connectivity index (χ3n) is 2.58. The van der Waals surface area contributed by atoms with E-state index in [1.54, 1.807) is 24.5 Å². The zero-order valence-corrected chi connectivity index (χ0v) is 10.7. The number of pyridine rings is 1. The van der Waals surface area contributed by atoms with Crippen LogP contribution in [0.2, 0.25) is 0 Å². The molecule has 0 unspecified atom stereocenters. The number of phenolic OH excluding ortho intramolecular Hbond substituents is 1. The van der Waals surface area contributed by atoms with Gasteiger partial charge in [-0.15, -0.1) is 0 Å². The second-order valence-electron chi connectivity index (χ2n) is 4.09. The zero-order chi connectivity index (χ0) is 13.8. The van der Waals surface area contributed by atoms with Crippen LogP contribution in [0.1, 0.15) is 15.9 Å². The van der Waals surface area contributed by atoms with Crippen molar-refractivity contribution in [2.75, 3.05) is 12.4 Å². The standard InChI is InChI=1S/C14H14N2O3/c1-9-5-10(8-15-7-9)16-14(18)12-4-3-11(19-2)6-13(12)17/h3-8,17H,1-2H3,(H,16,18). The third kappa shape index (κ3) is 3.01. The molecular formula is C14H14N2O3. The molecule has 5 nitrogen and oxygen atoms in total. The van der Waals surface area contributed by atoms with E-state index in [0.29, 0.717) is 11.4 Å². The maximum absolute atomic E-state index is 12.0. The topological polar surface area (TPSA) is 71.5 Å². The van der Waals surface area contributed by atoms with Crippen LogP contribution in [-0.4, -0.2) is 23.1 Å². The Hall–Kier alpha value is -2.56. The normalized spacial score (nSPS) is 10.0. The fourth-order valence-electron chi connectivity index (χ4n) is 1.65. The average molecular weight is 258 g/mol. The molecule has 1 amide bonds. The highest BCUT2D eigenvalue weighted by atomic mass is 16.5. The molecule has 0 saturated heterocycles. The van der Waals surface area contributed by atoms with Crippen LogP contribution in [0, 0.1) is 6.92 Å². The summed E-state index contributed by atoms with van der Waals surface area (Å²) in [6.07, 6.45) is 3.24. The molecule has 2 N–H and O–H groups in total. The largest absolute Gasteiger partial charge is 0.507 e. The first-order valence-electron chi connectivity index (χ1n) is 5.70. The second-order valence-corrected chi connectivity index (χ2v) is 4.09. The van der Waals surface area contributed by atoms with E-state index in [0.717, 1.165) is 5.56 Å². The molecule has 2 rings (SSSR count). The number of amides is 1. The van der Waals surface area contributed by atoms with Gasteiger partial charge in [-0.25, -0.2) is 0 Å². The van der Waals surface area contributed by atoms with E-state index in [9.17, 15) is 9.90 Å². The van der Waals surface area contributed by atoms with Crippen LogP contribution in [0.15, 0.2) is 36.7 Å². The summed E-state index contributed by atoms with van der Waals surface area (Å²) in [7, 11) is 1.49. The average Bonchev–Trinajstić information content (AvgIpc) is 2.38. The molecule has 0 radical (unpaired) electrons. The molecule has 0 aliphatic rings. The molecule has 0 atom stereocenters. The number of aromatic hydroxyl groups is 1. The predicted octanol–water partition coefficient (Wildman–Crippen LogP) is 2.36. The first-order chi connectivity index (χ1) is 9.10. The lowest BCUT2D eigenvalue weighted by atomic mass is 10.1. The maximum Gasteiger partial charge on any atom is 0.259 e. The molecule has 1 aromatic heterocycles. The van der Waals surface area contributed by atoms with E-state index in [1.165, 1.54) is 19.2 Å². The number of nitrogens with zero attached hydrogens (tertiary/aromatic N) is 1. The van der Waals surface area contributed by atoms with Gasteiger partial charge in [0.25, 0.3) is 5.91 Å². The van der Waals surface area contributed by atoms with Crippen molar-refractivity contribution in [3.05, 3.63) is 47.8 Å². The minimum atomic E-state index is -0.396. The van der Waals surface area contributed by atoms with Crippen molar-refractivity contribution < 1.29 is 14.6 Å². The molecule has 2 aromatic rings. The smallest absolute Gasteiger partial charge is 0.259 e. The Kier molecular flexibility index (Phi) is 3.66. The summed E-state index contributed by atoms with van der Waals surface area (Å²) in [4.78, 5) is 16.0. The van der Waals surface area contributed by atoms with Gasteiger partial charge in [0.05, 0.1) is 24.6 Å². The summed E-state index contributed by atoms with van der Waals surface area (Å²) in [5.74, 6) is -0.0312. The van der Waals surface area contributed by atoms with Gasteiger partial charge in [-0.2, -0.15) is 0 Å². The van der Waals surface area contributed by atoms with E-state index in [2.05, 4.69) is 10.3 Å². The van der Waals surface area contributed by atoms with E-state index in [-0.39, 0.29) is 11.3 Å². The number of ether oxygens (including phenoxy) is 1. The van der Waals surface area contributed by atoms with Gasteiger partial charge in [-0.1, -0.05) is 0 Å². The zero-order valence-electron chi connectivity index (χ0n) is 10.7. The number of hydrogen-bond acceptors (Lipinski definition) is 4. The number of aromatic nitrogens is 1. The van der Waals surface area contributed by atoms with E-state index in [4.69, 9.17) is 4.74 Å². The van der Waals surface area contributed by atoms with Crippen molar-refractivity contribution >= 4 is 11.6 Å². The first kappa shape index (κ1) is 12.9. The summed E-state index contributed by atoms with van der Waals surface area (Å²) >= 11 is 0. The van der Waals surface area contributed by atoms with Gasteiger partial charge in [0.2, 0.25) is 0 Å².